The number of nitrogens with one attached hydrogen (secondary N) is 1. The van der Waals surface area contributed by atoms with Crippen molar-refractivity contribution in [1.82, 2.24) is 4.90 Å². The van der Waals surface area contributed by atoms with Crippen LogP contribution in [-0.2, 0) is 11.0 Å². The van der Waals surface area contributed by atoms with E-state index < -0.39 is 11.1 Å². The van der Waals surface area contributed by atoms with Gasteiger partial charge in [-0.2, -0.15) is 13.2 Å². The number of nitrogens with zero attached hydrogens (tertiary/aromatic N) is 1. The van der Waals surface area contributed by atoms with Crippen molar-refractivity contribution in [1.29, 1.82) is 0 Å². The van der Waals surface area contributed by atoms with E-state index in [1.54, 1.807) is 0 Å². The van der Waals surface area contributed by atoms with E-state index in [0.29, 0.717) is 21.6 Å². The Morgan fingerprint density at radius 1 is 1.43 bits per heavy atom. The highest BCUT2D eigenvalue weighted by molar-refractivity contribution is 8.23. The molecular weight excluding hydrogens is 365 g/mol. The second-order valence-electron chi connectivity index (χ2n) is 5.43. The smallest absolute Gasteiger partial charge is 0.357 e. The van der Waals surface area contributed by atoms with Crippen molar-refractivity contribution >= 4 is 50.5 Å². The minimum atomic E-state index is -4.38. The zero-order chi connectivity index (χ0) is 17.0. The van der Waals surface area contributed by atoms with E-state index in [1.165, 1.54) is 17.8 Å². The van der Waals surface area contributed by atoms with E-state index >= 15 is 0 Å². The van der Waals surface area contributed by atoms with Gasteiger partial charge in [0.05, 0.1) is 10.8 Å². The van der Waals surface area contributed by atoms with Crippen molar-refractivity contribution in [2.24, 2.45) is 5.92 Å². The fourth-order valence-electron chi connectivity index (χ4n) is 2.14. The number of hydrogen-bond donors (Lipinski definition) is 1. The summed E-state index contributed by atoms with van der Waals surface area (Å²) >= 11 is 7.08. The van der Waals surface area contributed by atoms with Crippen LogP contribution in [0.1, 0.15) is 24.6 Å². The molecule has 3 nitrogen and oxygen atoms in total. The number of thiophene rings is 1. The first-order valence-corrected chi connectivity index (χ1v) is 9.35. The monoisotopic (exact) mass is 382 g/mol. The molecule has 1 fully saturated rings. The zero-order valence-corrected chi connectivity index (χ0v) is 14.9. The predicted molar refractivity (Wildman–Crippen MR) is 93.0 cm³/mol. The van der Waals surface area contributed by atoms with Crippen molar-refractivity contribution in [3.05, 3.63) is 17.0 Å². The number of carbonyl (C=O) groups excluding carboxylic acids is 1. The zero-order valence-electron chi connectivity index (χ0n) is 12.5. The molecule has 0 radical (unpaired) electrons. The van der Waals surface area contributed by atoms with Crippen LogP contribution in [0.5, 0.6) is 0 Å². The first kappa shape index (κ1) is 18.5. The standard InChI is InChI=1S/C14H17F3N2OS3/c1-9-4-6-19(7-5-9)13(21)22-8-11(20)18-12-3-2-10(23-12)14(15,16)17/h2-3,9H,4-8H2,1H3,(H,18,20). The molecule has 0 atom stereocenters. The molecule has 0 spiro atoms. The maximum atomic E-state index is 12.5. The third kappa shape index (κ3) is 5.65. The number of thiocarbonyl (C=S) groups is 1. The van der Waals surface area contributed by atoms with Gasteiger partial charge in [0.25, 0.3) is 0 Å². The average molecular weight is 382 g/mol. The summed E-state index contributed by atoms with van der Waals surface area (Å²) in [6.45, 7) is 4.00. The Morgan fingerprint density at radius 2 is 2.09 bits per heavy atom. The molecule has 0 bridgehead atoms. The topological polar surface area (TPSA) is 32.3 Å². The minimum Gasteiger partial charge on any atom is -0.357 e. The number of thioether (sulfide) groups is 1. The molecule has 2 heterocycles. The molecule has 0 aromatic carbocycles. The Hall–Kier alpha value is -0.800. The lowest BCUT2D eigenvalue weighted by molar-refractivity contribution is -0.134. The number of hydrogen-bond acceptors (Lipinski definition) is 4. The summed E-state index contributed by atoms with van der Waals surface area (Å²) in [5.74, 6) is 0.451. The van der Waals surface area contributed by atoms with Gasteiger partial charge >= 0.3 is 6.18 Å². The van der Waals surface area contributed by atoms with Gasteiger partial charge in [0.2, 0.25) is 5.91 Å². The van der Waals surface area contributed by atoms with E-state index in [1.807, 2.05) is 0 Å². The second kappa shape index (κ2) is 7.85. The van der Waals surface area contributed by atoms with E-state index in [0.717, 1.165) is 32.0 Å². The highest BCUT2D eigenvalue weighted by Crippen LogP contribution is 2.36. The van der Waals surface area contributed by atoms with Crippen LogP contribution in [0.25, 0.3) is 0 Å². The summed E-state index contributed by atoms with van der Waals surface area (Å²) in [7, 11) is 0. The molecule has 9 heteroatoms. The van der Waals surface area contributed by atoms with Gasteiger partial charge in [0.1, 0.15) is 9.20 Å². The van der Waals surface area contributed by atoms with Crippen LogP contribution in [0.15, 0.2) is 12.1 Å². The Kier molecular flexibility index (Phi) is 6.33. The number of rotatable bonds is 3. The molecule has 1 aliphatic rings. The largest absolute Gasteiger partial charge is 0.425 e. The van der Waals surface area contributed by atoms with Crippen LogP contribution in [0, 0.1) is 5.92 Å². The quantitative estimate of drug-likeness (QED) is 0.783. The lowest BCUT2D eigenvalue weighted by Gasteiger charge is -2.31. The number of anilines is 1. The second-order valence-corrected chi connectivity index (χ2v) is 8.13. The molecule has 1 aromatic heterocycles. The number of likely N-dealkylation sites (tertiary alicyclic amines) is 1. The Labute approximate surface area is 146 Å². The molecule has 0 unspecified atom stereocenters. The van der Waals surface area contributed by atoms with Gasteiger partial charge in [-0.05, 0) is 30.9 Å². The van der Waals surface area contributed by atoms with Crippen molar-refractivity contribution in [3.63, 3.8) is 0 Å². The maximum absolute atomic E-state index is 12.5. The van der Waals surface area contributed by atoms with Gasteiger partial charge in [0, 0.05) is 13.1 Å². The summed E-state index contributed by atoms with van der Waals surface area (Å²) < 4.78 is 38.2. The lowest BCUT2D eigenvalue weighted by Crippen LogP contribution is -2.36. The van der Waals surface area contributed by atoms with Crippen molar-refractivity contribution in [3.8, 4) is 0 Å². The first-order valence-electron chi connectivity index (χ1n) is 7.14. The van der Waals surface area contributed by atoms with Gasteiger partial charge in [-0.15, -0.1) is 11.3 Å². The number of amides is 1. The number of halogens is 3. The van der Waals surface area contributed by atoms with Gasteiger partial charge in [0.15, 0.2) is 0 Å². The maximum Gasteiger partial charge on any atom is 0.425 e. The molecule has 128 valence electrons. The number of alkyl halides is 3. The molecule has 0 aliphatic carbocycles. The normalized spacial score (nSPS) is 16.4. The van der Waals surface area contributed by atoms with E-state index in [9.17, 15) is 18.0 Å². The van der Waals surface area contributed by atoms with Crippen molar-refractivity contribution < 1.29 is 18.0 Å². The summed E-state index contributed by atoms with van der Waals surface area (Å²) in [5.41, 5.74) is 0. The highest BCUT2D eigenvalue weighted by Gasteiger charge is 2.32. The third-order valence-corrected chi connectivity index (χ3v) is 6.09. The molecule has 1 aliphatic heterocycles. The summed E-state index contributed by atoms with van der Waals surface area (Å²) in [4.78, 5) is 13.2. The third-order valence-electron chi connectivity index (χ3n) is 3.52. The lowest BCUT2D eigenvalue weighted by atomic mass is 10.00. The number of piperidine rings is 1. The van der Waals surface area contributed by atoms with Crippen LogP contribution in [0.4, 0.5) is 18.2 Å². The van der Waals surface area contributed by atoms with E-state index in [2.05, 4.69) is 17.1 Å². The summed E-state index contributed by atoms with van der Waals surface area (Å²) in [5, 5.41) is 2.68. The van der Waals surface area contributed by atoms with Crippen LogP contribution in [-0.4, -0.2) is 34.0 Å². The van der Waals surface area contributed by atoms with Crippen LogP contribution < -0.4 is 5.32 Å². The Balaban J connectivity index is 1.77. The molecule has 0 saturated carbocycles. The Bertz CT molecular complexity index is 566. The minimum absolute atomic E-state index is 0.101. The summed E-state index contributed by atoms with van der Waals surface area (Å²) in [6.07, 6.45) is -2.21. The molecule has 2 rings (SSSR count). The van der Waals surface area contributed by atoms with Gasteiger partial charge in [-0.25, -0.2) is 0 Å². The highest BCUT2D eigenvalue weighted by atomic mass is 32.2. The van der Waals surface area contributed by atoms with Crippen molar-refractivity contribution in [2.45, 2.75) is 25.9 Å². The molecular formula is C14H17F3N2OS3. The molecule has 23 heavy (non-hydrogen) atoms. The molecule has 1 aromatic rings. The SMILES string of the molecule is CC1CCN(C(=S)SCC(=O)Nc2ccc(C(F)(F)F)s2)CC1. The average Bonchev–Trinajstić information content (AvgIpc) is 2.94. The predicted octanol–water partition coefficient (Wildman–Crippen LogP) is 4.46. The first-order chi connectivity index (χ1) is 10.8. The molecule has 1 saturated heterocycles. The molecule has 1 amide bonds. The Morgan fingerprint density at radius 3 is 2.65 bits per heavy atom. The number of carbonyl (C=O) groups is 1. The van der Waals surface area contributed by atoms with Crippen LogP contribution in [0.2, 0.25) is 0 Å². The fourth-order valence-corrected chi connectivity index (χ4v) is 3.98. The van der Waals surface area contributed by atoms with E-state index in [-0.39, 0.29) is 16.7 Å². The van der Waals surface area contributed by atoms with Crippen LogP contribution >= 0.6 is 35.3 Å². The van der Waals surface area contributed by atoms with Crippen LogP contribution in [0.3, 0.4) is 0 Å². The summed E-state index contributed by atoms with van der Waals surface area (Å²) in [6, 6.07) is 2.23. The fraction of sp³-hybridized carbons (Fsp3) is 0.571. The van der Waals surface area contributed by atoms with Gasteiger partial charge < -0.3 is 10.2 Å². The van der Waals surface area contributed by atoms with Gasteiger partial charge in [-0.1, -0.05) is 30.9 Å². The molecule has 1 N–H and O–H groups in total. The van der Waals surface area contributed by atoms with E-state index in [4.69, 9.17) is 12.2 Å². The van der Waals surface area contributed by atoms with Crippen molar-refractivity contribution in [2.75, 3.05) is 24.2 Å². The van der Waals surface area contributed by atoms with Gasteiger partial charge in [-0.3, -0.25) is 4.79 Å².